The monoisotopic (exact) mass is 388 g/mol. The number of rotatable bonds is 4. The van der Waals surface area contributed by atoms with E-state index in [0.717, 1.165) is 11.3 Å². The molecule has 0 saturated heterocycles. The fourth-order valence-corrected chi connectivity index (χ4v) is 4.39. The highest BCUT2D eigenvalue weighted by Gasteiger charge is 2.20. The number of nitrogens with zero attached hydrogens (tertiary/aromatic N) is 3. The lowest BCUT2D eigenvalue weighted by atomic mass is 10.4. The Labute approximate surface area is 146 Å². The molecule has 0 spiro atoms. The van der Waals surface area contributed by atoms with Crippen molar-refractivity contribution in [1.29, 1.82) is 0 Å². The number of pyridine rings is 1. The molecule has 3 aromatic rings. The fourth-order valence-electron chi connectivity index (χ4n) is 1.90. The molecule has 6 nitrogen and oxygen atoms in total. The SMILES string of the molecule is Cc1cc(NS(=O)(=O)c2cccs2)n(-c2ncc(Cl)cc2Cl)n1. The van der Waals surface area contributed by atoms with Crippen LogP contribution in [0.3, 0.4) is 0 Å². The summed E-state index contributed by atoms with van der Waals surface area (Å²) in [5.41, 5.74) is 0.613. The Morgan fingerprint density at radius 1 is 1.30 bits per heavy atom. The van der Waals surface area contributed by atoms with Crippen LogP contribution in [-0.4, -0.2) is 23.2 Å². The summed E-state index contributed by atoms with van der Waals surface area (Å²) in [5, 5.41) is 6.57. The van der Waals surface area contributed by atoms with Gasteiger partial charge in [-0.15, -0.1) is 11.3 Å². The lowest BCUT2D eigenvalue weighted by molar-refractivity contribution is 0.602. The standard InChI is InChI=1S/C13H10Cl2N4O2S2/c1-8-5-11(18-23(20,21)12-3-2-4-22-12)19(17-8)13-10(15)6-9(14)7-16-13/h2-7,18H,1H3. The summed E-state index contributed by atoms with van der Waals surface area (Å²) < 4.78 is 28.8. The Bertz CT molecular complexity index is 953. The molecule has 120 valence electrons. The topological polar surface area (TPSA) is 76.9 Å². The third kappa shape index (κ3) is 3.35. The molecule has 0 aliphatic carbocycles. The van der Waals surface area contributed by atoms with Gasteiger partial charge in [0.05, 0.1) is 15.7 Å². The van der Waals surface area contributed by atoms with E-state index in [2.05, 4.69) is 14.8 Å². The summed E-state index contributed by atoms with van der Waals surface area (Å²) in [6, 6.07) is 6.30. The molecule has 0 amide bonds. The molecule has 23 heavy (non-hydrogen) atoms. The van der Waals surface area contributed by atoms with Crippen molar-refractivity contribution in [2.24, 2.45) is 0 Å². The maximum absolute atomic E-state index is 12.4. The van der Waals surface area contributed by atoms with Gasteiger partial charge in [0.1, 0.15) is 10.0 Å². The number of thiophene rings is 1. The first-order chi connectivity index (χ1) is 10.9. The zero-order chi connectivity index (χ0) is 16.6. The third-order valence-electron chi connectivity index (χ3n) is 2.82. The van der Waals surface area contributed by atoms with Gasteiger partial charge in [-0.05, 0) is 24.4 Å². The van der Waals surface area contributed by atoms with E-state index in [1.807, 2.05) is 0 Å². The third-order valence-corrected chi connectivity index (χ3v) is 6.06. The van der Waals surface area contributed by atoms with Crippen molar-refractivity contribution >= 4 is 50.4 Å². The largest absolute Gasteiger partial charge is 0.272 e. The maximum atomic E-state index is 12.4. The summed E-state index contributed by atoms with van der Waals surface area (Å²) in [7, 11) is -3.70. The fraction of sp³-hybridized carbons (Fsp3) is 0.0769. The van der Waals surface area contributed by atoms with Crippen LogP contribution in [0.2, 0.25) is 10.0 Å². The Morgan fingerprint density at radius 3 is 2.74 bits per heavy atom. The predicted molar refractivity (Wildman–Crippen MR) is 91.2 cm³/mol. The number of halogens is 2. The van der Waals surface area contributed by atoms with E-state index in [9.17, 15) is 8.42 Å². The highest BCUT2D eigenvalue weighted by atomic mass is 35.5. The van der Waals surface area contributed by atoms with Crippen molar-refractivity contribution < 1.29 is 8.42 Å². The highest BCUT2D eigenvalue weighted by molar-refractivity contribution is 7.94. The van der Waals surface area contributed by atoms with Gasteiger partial charge in [0.2, 0.25) is 0 Å². The smallest absolute Gasteiger partial charge is 0.263 e. The molecule has 0 saturated carbocycles. The first-order valence-corrected chi connectivity index (χ1v) is 9.43. The van der Waals surface area contributed by atoms with Crippen molar-refractivity contribution in [2.75, 3.05) is 4.72 Å². The Kier molecular flexibility index (Phi) is 4.33. The van der Waals surface area contributed by atoms with E-state index >= 15 is 0 Å². The summed E-state index contributed by atoms with van der Waals surface area (Å²) >= 11 is 13.1. The Morgan fingerprint density at radius 2 is 2.09 bits per heavy atom. The molecule has 3 heterocycles. The summed E-state index contributed by atoms with van der Waals surface area (Å²) in [5.74, 6) is 0.528. The minimum Gasteiger partial charge on any atom is -0.263 e. The van der Waals surface area contributed by atoms with Crippen LogP contribution in [0.4, 0.5) is 5.82 Å². The van der Waals surface area contributed by atoms with Crippen molar-refractivity contribution in [3.05, 3.63) is 51.6 Å². The second-order valence-corrected chi connectivity index (χ2v) is 8.28. The predicted octanol–water partition coefficient (Wildman–Crippen LogP) is 3.74. The van der Waals surface area contributed by atoms with Crippen LogP contribution in [0.5, 0.6) is 0 Å². The zero-order valence-electron chi connectivity index (χ0n) is 11.7. The number of hydrogen-bond acceptors (Lipinski definition) is 5. The quantitative estimate of drug-likeness (QED) is 0.738. The van der Waals surface area contributed by atoms with Crippen LogP contribution >= 0.6 is 34.5 Å². The second kappa shape index (κ2) is 6.12. The Hall–Kier alpha value is -1.61. The van der Waals surface area contributed by atoms with Gasteiger partial charge in [0.25, 0.3) is 10.0 Å². The van der Waals surface area contributed by atoms with Crippen LogP contribution in [0.1, 0.15) is 5.69 Å². The molecular formula is C13H10Cl2N4O2S2. The minimum absolute atomic E-state index is 0.207. The number of aryl methyl sites for hydroxylation is 1. The van der Waals surface area contributed by atoms with Crippen molar-refractivity contribution in [3.8, 4) is 5.82 Å². The average molecular weight is 389 g/mol. The first-order valence-electron chi connectivity index (χ1n) is 6.31. The van der Waals surface area contributed by atoms with E-state index in [1.165, 1.54) is 23.0 Å². The van der Waals surface area contributed by atoms with Crippen LogP contribution in [0.25, 0.3) is 5.82 Å². The van der Waals surface area contributed by atoms with Gasteiger partial charge in [-0.3, -0.25) is 4.72 Å². The van der Waals surface area contributed by atoms with Gasteiger partial charge >= 0.3 is 0 Å². The molecular weight excluding hydrogens is 379 g/mol. The second-order valence-electron chi connectivity index (χ2n) is 4.58. The normalized spacial score (nSPS) is 11.6. The molecule has 0 atom stereocenters. The summed E-state index contributed by atoms with van der Waals surface area (Å²) in [6.07, 6.45) is 1.41. The van der Waals surface area contributed by atoms with Crippen LogP contribution in [0, 0.1) is 6.92 Å². The maximum Gasteiger partial charge on any atom is 0.272 e. The van der Waals surface area contributed by atoms with Crippen molar-refractivity contribution in [2.45, 2.75) is 11.1 Å². The van der Waals surface area contributed by atoms with Crippen LogP contribution < -0.4 is 4.72 Å². The van der Waals surface area contributed by atoms with Gasteiger partial charge in [-0.1, -0.05) is 29.3 Å². The van der Waals surface area contributed by atoms with Crippen molar-refractivity contribution in [3.63, 3.8) is 0 Å². The molecule has 0 unspecified atom stereocenters. The molecule has 0 radical (unpaired) electrons. The molecule has 3 rings (SSSR count). The van der Waals surface area contributed by atoms with E-state index in [-0.39, 0.29) is 20.9 Å². The Balaban J connectivity index is 2.05. The minimum atomic E-state index is -3.70. The molecule has 0 aromatic carbocycles. The number of sulfonamides is 1. The average Bonchev–Trinajstić information content (AvgIpc) is 3.09. The molecule has 10 heteroatoms. The van der Waals surface area contributed by atoms with E-state index < -0.39 is 10.0 Å². The van der Waals surface area contributed by atoms with Gasteiger partial charge in [-0.25, -0.2) is 13.4 Å². The number of hydrogen-bond donors (Lipinski definition) is 1. The zero-order valence-corrected chi connectivity index (χ0v) is 14.8. The molecule has 0 fully saturated rings. The number of nitrogens with one attached hydrogen (secondary N) is 1. The number of aromatic nitrogens is 3. The molecule has 3 aromatic heterocycles. The van der Waals surface area contributed by atoms with E-state index in [4.69, 9.17) is 23.2 Å². The lowest BCUT2D eigenvalue weighted by Crippen LogP contribution is -2.15. The van der Waals surface area contributed by atoms with E-state index in [1.54, 1.807) is 24.4 Å². The van der Waals surface area contributed by atoms with Crippen molar-refractivity contribution in [1.82, 2.24) is 14.8 Å². The highest BCUT2D eigenvalue weighted by Crippen LogP contribution is 2.27. The summed E-state index contributed by atoms with van der Waals surface area (Å²) in [6.45, 7) is 1.74. The van der Waals surface area contributed by atoms with Gasteiger partial charge < -0.3 is 0 Å². The van der Waals surface area contributed by atoms with Gasteiger partial charge in [-0.2, -0.15) is 9.78 Å². The first kappa shape index (κ1) is 16.3. The van der Waals surface area contributed by atoms with Crippen LogP contribution in [0.15, 0.2) is 40.1 Å². The lowest BCUT2D eigenvalue weighted by Gasteiger charge is -2.10. The van der Waals surface area contributed by atoms with Gasteiger partial charge in [0, 0.05) is 12.3 Å². The van der Waals surface area contributed by atoms with E-state index in [0.29, 0.717) is 10.7 Å². The van der Waals surface area contributed by atoms with Crippen LogP contribution in [-0.2, 0) is 10.0 Å². The molecule has 0 aliphatic heterocycles. The van der Waals surface area contributed by atoms with Gasteiger partial charge in [0.15, 0.2) is 5.82 Å². The summed E-state index contributed by atoms with van der Waals surface area (Å²) in [4.78, 5) is 4.12. The molecule has 0 aliphatic rings. The molecule has 0 bridgehead atoms. The number of anilines is 1. The molecule has 1 N–H and O–H groups in total.